The topological polar surface area (TPSA) is 86.7 Å². The molecule has 0 spiro atoms. The van der Waals surface area contributed by atoms with Crippen LogP contribution in [0.15, 0.2) is 53.6 Å². The van der Waals surface area contributed by atoms with Crippen molar-refractivity contribution in [2.24, 2.45) is 5.10 Å². The van der Waals surface area contributed by atoms with Crippen LogP contribution in [0, 0.1) is 0 Å². The summed E-state index contributed by atoms with van der Waals surface area (Å²) in [6, 6.07) is 14.5. The summed E-state index contributed by atoms with van der Waals surface area (Å²) in [5.41, 5.74) is 2.21. The SMILES string of the molecule is COc1ccc(C2=NN(C(=O)CN(CCN3CCOCC3)C(=O)NC(C)(C)C)[C@H](c3ccc(Cl)cc3)C2)cc1. The van der Waals surface area contributed by atoms with E-state index in [4.69, 9.17) is 26.2 Å². The van der Waals surface area contributed by atoms with Crippen LogP contribution in [0.2, 0.25) is 5.02 Å². The van der Waals surface area contributed by atoms with Gasteiger partial charge in [-0.05, 0) is 68.3 Å². The van der Waals surface area contributed by atoms with E-state index < -0.39 is 5.54 Å². The lowest BCUT2D eigenvalue weighted by Crippen LogP contribution is -2.53. The molecule has 2 aliphatic heterocycles. The minimum Gasteiger partial charge on any atom is -0.497 e. The molecule has 2 heterocycles. The number of ether oxygens (including phenoxy) is 2. The maximum atomic E-state index is 13.8. The number of urea groups is 1. The Bertz CT molecular complexity index is 1160. The van der Waals surface area contributed by atoms with Gasteiger partial charge in [0, 0.05) is 43.2 Å². The molecule has 3 amide bonds. The second-order valence-electron chi connectivity index (χ2n) is 10.8. The van der Waals surface area contributed by atoms with Crippen LogP contribution in [0.3, 0.4) is 0 Å². The number of halogens is 1. The Morgan fingerprint density at radius 2 is 1.77 bits per heavy atom. The third-order valence-corrected chi connectivity index (χ3v) is 6.98. The number of carbonyl (C=O) groups is 2. The summed E-state index contributed by atoms with van der Waals surface area (Å²) >= 11 is 6.14. The van der Waals surface area contributed by atoms with Crippen molar-refractivity contribution in [3.05, 3.63) is 64.7 Å². The highest BCUT2D eigenvalue weighted by molar-refractivity contribution is 6.30. The van der Waals surface area contributed by atoms with Crippen molar-refractivity contribution < 1.29 is 19.1 Å². The first-order chi connectivity index (χ1) is 18.6. The summed E-state index contributed by atoms with van der Waals surface area (Å²) in [6.45, 7) is 9.73. The quantitative estimate of drug-likeness (QED) is 0.528. The molecule has 1 saturated heterocycles. The van der Waals surface area contributed by atoms with Crippen molar-refractivity contribution in [1.82, 2.24) is 20.1 Å². The van der Waals surface area contributed by atoms with Gasteiger partial charge in [0.25, 0.3) is 5.91 Å². The van der Waals surface area contributed by atoms with Crippen LogP contribution in [-0.2, 0) is 9.53 Å². The minimum atomic E-state index is -0.434. The third-order valence-electron chi connectivity index (χ3n) is 6.73. The van der Waals surface area contributed by atoms with Crippen molar-refractivity contribution in [3.8, 4) is 5.75 Å². The highest BCUT2D eigenvalue weighted by Gasteiger charge is 2.35. The summed E-state index contributed by atoms with van der Waals surface area (Å²) in [5.74, 6) is 0.504. The standard InChI is InChI=1S/C29H38ClN5O4/c1-29(2,3)31-28(37)34(14-13-33-15-17-39-18-16-33)20-27(36)35-26(22-5-9-23(30)10-6-22)19-25(32-35)21-7-11-24(38-4)12-8-21/h5-12,26H,13-20H2,1-4H3,(H,31,37)/t26-/m0/s1. The molecule has 210 valence electrons. The highest BCUT2D eigenvalue weighted by Crippen LogP contribution is 2.34. The van der Waals surface area contributed by atoms with Crippen molar-refractivity contribution in [2.45, 2.75) is 38.8 Å². The molecule has 4 rings (SSSR count). The molecule has 0 aromatic heterocycles. The predicted octanol–water partition coefficient (Wildman–Crippen LogP) is 4.17. The first kappa shape index (κ1) is 28.9. The zero-order chi connectivity index (χ0) is 28.0. The highest BCUT2D eigenvalue weighted by atomic mass is 35.5. The molecule has 39 heavy (non-hydrogen) atoms. The fourth-order valence-corrected chi connectivity index (χ4v) is 4.74. The van der Waals surface area contributed by atoms with Gasteiger partial charge in [-0.15, -0.1) is 0 Å². The number of methoxy groups -OCH3 is 1. The number of amides is 3. The number of hydrogen-bond acceptors (Lipinski definition) is 6. The molecule has 2 aliphatic rings. The third kappa shape index (κ3) is 7.94. The molecule has 0 radical (unpaired) electrons. The molecule has 10 heteroatoms. The van der Waals surface area contributed by atoms with E-state index in [9.17, 15) is 9.59 Å². The van der Waals surface area contributed by atoms with Gasteiger partial charge in [-0.25, -0.2) is 9.80 Å². The van der Waals surface area contributed by atoms with Gasteiger partial charge < -0.3 is 19.7 Å². The van der Waals surface area contributed by atoms with Crippen LogP contribution in [0.5, 0.6) is 5.75 Å². The van der Waals surface area contributed by atoms with E-state index in [1.807, 2.05) is 69.3 Å². The molecule has 2 aromatic carbocycles. The Labute approximate surface area is 235 Å². The van der Waals surface area contributed by atoms with E-state index in [-0.39, 0.29) is 24.5 Å². The van der Waals surface area contributed by atoms with Crippen LogP contribution in [0.1, 0.15) is 44.4 Å². The van der Waals surface area contributed by atoms with Crippen LogP contribution in [0.25, 0.3) is 0 Å². The van der Waals surface area contributed by atoms with Gasteiger partial charge in [-0.3, -0.25) is 9.69 Å². The molecule has 1 N–H and O–H groups in total. The Hall–Kier alpha value is -3.14. The molecule has 0 unspecified atom stereocenters. The second kappa shape index (κ2) is 12.8. The summed E-state index contributed by atoms with van der Waals surface area (Å²) in [5, 5.41) is 9.93. The largest absolute Gasteiger partial charge is 0.497 e. The molecule has 0 bridgehead atoms. The fourth-order valence-electron chi connectivity index (χ4n) is 4.62. The number of hydrogen-bond donors (Lipinski definition) is 1. The van der Waals surface area contributed by atoms with Gasteiger partial charge in [-0.2, -0.15) is 5.10 Å². The van der Waals surface area contributed by atoms with Crippen LogP contribution in [-0.4, -0.2) is 91.0 Å². The number of rotatable bonds is 8. The maximum Gasteiger partial charge on any atom is 0.318 e. The van der Waals surface area contributed by atoms with E-state index in [2.05, 4.69) is 10.2 Å². The lowest BCUT2D eigenvalue weighted by Gasteiger charge is -2.32. The maximum absolute atomic E-state index is 13.8. The molecule has 1 atom stereocenters. The van der Waals surface area contributed by atoms with Gasteiger partial charge in [-0.1, -0.05) is 23.7 Å². The molecule has 1 fully saturated rings. The molecule has 0 aliphatic carbocycles. The fraction of sp³-hybridized carbons (Fsp3) is 0.483. The van der Waals surface area contributed by atoms with E-state index in [0.717, 1.165) is 35.7 Å². The molecular formula is C29H38ClN5O4. The van der Waals surface area contributed by atoms with Gasteiger partial charge in [0.1, 0.15) is 12.3 Å². The number of carbonyl (C=O) groups excluding carboxylic acids is 2. The number of nitrogens with zero attached hydrogens (tertiary/aromatic N) is 4. The number of nitrogens with one attached hydrogen (secondary N) is 1. The van der Waals surface area contributed by atoms with Crippen LogP contribution >= 0.6 is 11.6 Å². The Kier molecular flexibility index (Phi) is 9.48. The van der Waals surface area contributed by atoms with Crippen molar-refractivity contribution in [2.75, 3.05) is 53.0 Å². The van der Waals surface area contributed by atoms with E-state index in [1.165, 1.54) is 5.01 Å². The molecule has 2 aromatic rings. The molecule has 9 nitrogen and oxygen atoms in total. The lowest BCUT2D eigenvalue weighted by atomic mass is 9.98. The van der Waals surface area contributed by atoms with Gasteiger partial charge in [0.15, 0.2) is 0 Å². The van der Waals surface area contributed by atoms with E-state index >= 15 is 0 Å². The Morgan fingerprint density at radius 1 is 1.10 bits per heavy atom. The number of benzene rings is 2. The Balaban J connectivity index is 1.57. The van der Waals surface area contributed by atoms with Gasteiger partial charge >= 0.3 is 6.03 Å². The first-order valence-electron chi connectivity index (χ1n) is 13.3. The van der Waals surface area contributed by atoms with Crippen molar-refractivity contribution in [1.29, 1.82) is 0 Å². The monoisotopic (exact) mass is 555 g/mol. The Morgan fingerprint density at radius 3 is 2.38 bits per heavy atom. The number of hydrazone groups is 1. The average molecular weight is 556 g/mol. The van der Waals surface area contributed by atoms with Crippen molar-refractivity contribution >= 4 is 29.3 Å². The van der Waals surface area contributed by atoms with Crippen LogP contribution in [0.4, 0.5) is 4.79 Å². The molecule has 0 saturated carbocycles. The smallest absolute Gasteiger partial charge is 0.318 e. The number of morpholine rings is 1. The summed E-state index contributed by atoms with van der Waals surface area (Å²) in [6.07, 6.45) is 0.543. The zero-order valence-corrected chi connectivity index (χ0v) is 23.9. The van der Waals surface area contributed by atoms with Crippen LogP contribution < -0.4 is 10.1 Å². The van der Waals surface area contributed by atoms with Crippen molar-refractivity contribution in [3.63, 3.8) is 0 Å². The predicted molar refractivity (Wildman–Crippen MR) is 152 cm³/mol. The molecular weight excluding hydrogens is 518 g/mol. The summed E-state index contributed by atoms with van der Waals surface area (Å²) < 4.78 is 10.7. The normalized spacial score (nSPS) is 18.0. The van der Waals surface area contributed by atoms with Gasteiger partial charge in [0.05, 0.1) is 32.1 Å². The van der Waals surface area contributed by atoms with E-state index in [1.54, 1.807) is 12.0 Å². The average Bonchev–Trinajstić information content (AvgIpc) is 3.36. The summed E-state index contributed by atoms with van der Waals surface area (Å²) in [7, 11) is 1.62. The first-order valence-corrected chi connectivity index (χ1v) is 13.7. The second-order valence-corrected chi connectivity index (χ2v) is 11.3. The minimum absolute atomic E-state index is 0.0876. The zero-order valence-electron chi connectivity index (χ0n) is 23.2. The lowest BCUT2D eigenvalue weighted by molar-refractivity contribution is -0.133. The summed E-state index contributed by atoms with van der Waals surface area (Å²) in [4.78, 5) is 30.9. The van der Waals surface area contributed by atoms with Gasteiger partial charge in [0.2, 0.25) is 0 Å². The van der Waals surface area contributed by atoms with E-state index in [0.29, 0.717) is 37.7 Å².